The molecular formula is C9H12BrN3O2. The minimum Gasteiger partial charge on any atom is -0.449 e. The second-order valence-electron chi connectivity index (χ2n) is 2.79. The summed E-state index contributed by atoms with van der Waals surface area (Å²) in [5, 5.41) is 3.71. The highest BCUT2D eigenvalue weighted by Gasteiger charge is 1.99. The molecule has 1 aromatic heterocycles. The van der Waals surface area contributed by atoms with Crippen molar-refractivity contribution in [1.82, 2.24) is 10.4 Å². The maximum absolute atomic E-state index is 10.8. The summed E-state index contributed by atoms with van der Waals surface area (Å²) in [6.07, 6.45) is 0.949. The molecule has 0 radical (unpaired) electrons. The monoisotopic (exact) mass is 273 g/mol. The third-order valence-corrected chi connectivity index (χ3v) is 2.43. The van der Waals surface area contributed by atoms with Gasteiger partial charge in [-0.05, 0) is 35.8 Å². The number of hydrazone groups is 1. The van der Waals surface area contributed by atoms with Gasteiger partial charge in [0.1, 0.15) is 0 Å². The molecule has 1 rings (SSSR count). The number of aryl methyl sites for hydroxylation is 1. The standard InChI is InChI=1S/C9H12BrN3O2/c1-3-15-9(14)13-11-5-7-4-8(10)6(2)12-7/h4-5,12H,3H2,1-2H3,(H,13,14)/b11-5-. The van der Waals surface area contributed by atoms with Gasteiger partial charge >= 0.3 is 6.09 Å². The van der Waals surface area contributed by atoms with Crippen LogP contribution in [0.25, 0.3) is 0 Å². The number of rotatable bonds is 3. The Balaban J connectivity index is 2.48. The molecule has 0 fully saturated rings. The zero-order chi connectivity index (χ0) is 11.3. The van der Waals surface area contributed by atoms with Crippen LogP contribution in [-0.2, 0) is 4.74 Å². The average molecular weight is 274 g/mol. The maximum Gasteiger partial charge on any atom is 0.427 e. The third kappa shape index (κ3) is 3.75. The van der Waals surface area contributed by atoms with Crippen LogP contribution in [0.4, 0.5) is 4.79 Å². The average Bonchev–Trinajstić information content (AvgIpc) is 2.46. The van der Waals surface area contributed by atoms with E-state index < -0.39 is 6.09 Å². The molecule has 1 heterocycles. The number of aromatic nitrogens is 1. The van der Waals surface area contributed by atoms with Crippen LogP contribution in [0.2, 0.25) is 0 Å². The summed E-state index contributed by atoms with van der Waals surface area (Å²) in [7, 11) is 0. The van der Waals surface area contributed by atoms with Crippen molar-refractivity contribution in [3.05, 3.63) is 21.9 Å². The van der Waals surface area contributed by atoms with Gasteiger partial charge in [-0.2, -0.15) is 5.10 Å². The Hall–Kier alpha value is -1.30. The molecule has 0 aliphatic rings. The number of nitrogens with zero attached hydrogens (tertiary/aromatic N) is 1. The molecule has 0 aromatic carbocycles. The van der Waals surface area contributed by atoms with E-state index in [9.17, 15) is 4.79 Å². The van der Waals surface area contributed by atoms with E-state index in [2.05, 4.69) is 36.2 Å². The lowest BCUT2D eigenvalue weighted by Crippen LogP contribution is -2.18. The van der Waals surface area contributed by atoms with Gasteiger partial charge in [0.2, 0.25) is 0 Å². The molecule has 0 spiro atoms. The summed E-state index contributed by atoms with van der Waals surface area (Å²) in [6.45, 7) is 3.99. The van der Waals surface area contributed by atoms with Gasteiger partial charge in [-0.15, -0.1) is 0 Å². The van der Waals surface area contributed by atoms with Crippen molar-refractivity contribution in [2.45, 2.75) is 13.8 Å². The quantitative estimate of drug-likeness (QED) is 0.655. The Kier molecular flexibility index (Phi) is 4.36. The fourth-order valence-electron chi connectivity index (χ4n) is 0.945. The van der Waals surface area contributed by atoms with Crippen LogP contribution in [0.5, 0.6) is 0 Å². The summed E-state index contributed by atoms with van der Waals surface area (Å²) in [6, 6.07) is 1.87. The lowest BCUT2D eigenvalue weighted by molar-refractivity contribution is 0.152. The lowest BCUT2D eigenvalue weighted by Gasteiger charge is -1.97. The number of hydrogen-bond acceptors (Lipinski definition) is 3. The molecule has 2 N–H and O–H groups in total. The lowest BCUT2D eigenvalue weighted by atomic mass is 10.4. The summed E-state index contributed by atoms with van der Waals surface area (Å²) in [5.74, 6) is 0. The van der Waals surface area contributed by atoms with Crippen LogP contribution in [0, 0.1) is 6.92 Å². The minimum atomic E-state index is -0.559. The molecule has 1 aromatic rings. The fraction of sp³-hybridized carbons (Fsp3) is 0.333. The highest BCUT2D eigenvalue weighted by molar-refractivity contribution is 9.10. The van der Waals surface area contributed by atoms with Crippen LogP contribution in [0.15, 0.2) is 15.6 Å². The molecule has 0 aliphatic heterocycles. The highest BCUT2D eigenvalue weighted by atomic mass is 79.9. The number of ether oxygens (including phenoxy) is 1. The second kappa shape index (κ2) is 5.55. The predicted octanol–water partition coefficient (Wildman–Crippen LogP) is 2.17. The Morgan fingerprint density at radius 2 is 2.53 bits per heavy atom. The molecule has 0 saturated carbocycles. The first kappa shape index (κ1) is 11.8. The van der Waals surface area contributed by atoms with Gasteiger partial charge in [0.15, 0.2) is 0 Å². The van der Waals surface area contributed by atoms with Crippen LogP contribution in [-0.4, -0.2) is 23.9 Å². The van der Waals surface area contributed by atoms with Crippen molar-refractivity contribution in [3.8, 4) is 0 Å². The third-order valence-electron chi connectivity index (χ3n) is 1.61. The highest BCUT2D eigenvalue weighted by Crippen LogP contribution is 2.15. The van der Waals surface area contributed by atoms with Crippen molar-refractivity contribution in [3.63, 3.8) is 0 Å². The number of hydrogen-bond donors (Lipinski definition) is 2. The van der Waals surface area contributed by atoms with Crippen LogP contribution in [0.3, 0.4) is 0 Å². The molecular weight excluding hydrogens is 262 g/mol. The number of carbonyl (C=O) groups excluding carboxylic acids is 1. The molecule has 0 aliphatic carbocycles. The van der Waals surface area contributed by atoms with Gasteiger partial charge in [0, 0.05) is 10.2 Å². The summed E-state index contributed by atoms with van der Waals surface area (Å²) < 4.78 is 5.60. The van der Waals surface area contributed by atoms with Gasteiger partial charge in [-0.1, -0.05) is 0 Å². The van der Waals surface area contributed by atoms with E-state index in [1.54, 1.807) is 6.92 Å². The van der Waals surface area contributed by atoms with Crippen molar-refractivity contribution in [2.24, 2.45) is 5.10 Å². The SMILES string of the molecule is CCOC(=O)N/N=C\c1cc(Br)c(C)[nH]1. The number of aromatic amines is 1. The number of carbonyl (C=O) groups is 1. The van der Waals surface area contributed by atoms with E-state index >= 15 is 0 Å². The molecule has 0 unspecified atom stereocenters. The number of halogens is 1. The number of H-pyrrole nitrogens is 1. The van der Waals surface area contributed by atoms with Gasteiger partial charge < -0.3 is 9.72 Å². The van der Waals surface area contributed by atoms with Gasteiger partial charge in [0.25, 0.3) is 0 Å². The zero-order valence-electron chi connectivity index (χ0n) is 8.50. The molecule has 0 saturated heterocycles. The molecule has 15 heavy (non-hydrogen) atoms. The van der Waals surface area contributed by atoms with Gasteiger partial charge in [-0.3, -0.25) is 0 Å². The molecule has 0 bridgehead atoms. The topological polar surface area (TPSA) is 66.5 Å². The van der Waals surface area contributed by atoms with Crippen molar-refractivity contribution < 1.29 is 9.53 Å². The van der Waals surface area contributed by atoms with Crippen molar-refractivity contribution in [1.29, 1.82) is 0 Å². The van der Waals surface area contributed by atoms with E-state index in [0.29, 0.717) is 6.61 Å². The molecule has 5 nitrogen and oxygen atoms in total. The van der Waals surface area contributed by atoms with E-state index in [0.717, 1.165) is 15.9 Å². The van der Waals surface area contributed by atoms with E-state index in [-0.39, 0.29) is 0 Å². The first-order valence-corrected chi connectivity index (χ1v) is 5.23. The molecule has 1 amide bonds. The zero-order valence-corrected chi connectivity index (χ0v) is 10.1. The normalized spacial score (nSPS) is 10.6. The van der Waals surface area contributed by atoms with Crippen molar-refractivity contribution in [2.75, 3.05) is 6.61 Å². The van der Waals surface area contributed by atoms with Crippen LogP contribution >= 0.6 is 15.9 Å². The Morgan fingerprint density at radius 3 is 3.07 bits per heavy atom. The van der Waals surface area contributed by atoms with Crippen molar-refractivity contribution >= 4 is 28.2 Å². The second-order valence-corrected chi connectivity index (χ2v) is 3.64. The van der Waals surface area contributed by atoms with E-state index in [1.165, 1.54) is 6.21 Å². The molecule has 82 valence electrons. The molecule has 6 heteroatoms. The summed E-state index contributed by atoms with van der Waals surface area (Å²) in [4.78, 5) is 13.9. The fourth-order valence-corrected chi connectivity index (χ4v) is 1.29. The van der Waals surface area contributed by atoms with E-state index in [4.69, 9.17) is 0 Å². The van der Waals surface area contributed by atoms with E-state index in [1.807, 2.05) is 13.0 Å². The molecule has 0 atom stereocenters. The minimum absolute atomic E-state index is 0.328. The summed E-state index contributed by atoms with van der Waals surface area (Å²) in [5.41, 5.74) is 4.04. The Morgan fingerprint density at radius 1 is 1.80 bits per heavy atom. The van der Waals surface area contributed by atoms with Crippen LogP contribution in [0.1, 0.15) is 18.3 Å². The van der Waals surface area contributed by atoms with Crippen LogP contribution < -0.4 is 5.43 Å². The Bertz CT molecular complexity index is 354. The Labute approximate surface area is 96.0 Å². The first-order chi connectivity index (χ1) is 7.13. The number of amides is 1. The predicted molar refractivity (Wildman–Crippen MR) is 61.0 cm³/mol. The number of nitrogens with one attached hydrogen (secondary N) is 2. The maximum atomic E-state index is 10.8. The first-order valence-electron chi connectivity index (χ1n) is 4.44. The summed E-state index contributed by atoms with van der Waals surface area (Å²) >= 11 is 3.36. The van der Waals surface area contributed by atoms with Gasteiger partial charge in [-0.25, -0.2) is 10.2 Å². The largest absolute Gasteiger partial charge is 0.449 e. The smallest absolute Gasteiger partial charge is 0.427 e. The van der Waals surface area contributed by atoms with Gasteiger partial charge in [0.05, 0.1) is 18.5 Å².